The third-order valence-electron chi connectivity index (χ3n) is 5.30. The number of aromatic amines is 1. The van der Waals surface area contributed by atoms with Crippen LogP contribution in [0.25, 0.3) is 22.4 Å². The molecule has 2 N–H and O–H groups in total. The first-order valence-corrected chi connectivity index (χ1v) is 11.6. The molecule has 1 saturated heterocycles. The lowest BCUT2D eigenvalue weighted by atomic mass is 10.1. The van der Waals surface area contributed by atoms with Gasteiger partial charge in [0.1, 0.15) is 5.82 Å². The van der Waals surface area contributed by atoms with Gasteiger partial charge < -0.3 is 10.3 Å². The lowest BCUT2D eigenvalue weighted by molar-refractivity contribution is 0.102. The molecule has 2 heterocycles. The second kappa shape index (κ2) is 7.55. The molecule has 0 unspecified atom stereocenters. The number of hydrogen-bond donors (Lipinski definition) is 2. The van der Waals surface area contributed by atoms with Crippen LogP contribution in [0.1, 0.15) is 16.8 Å². The second-order valence-corrected chi connectivity index (χ2v) is 9.44. The molecule has 1 fully saturated rings. The monoisotopic (exact) mass is 432 g/mol. The quantitative estimate of drug-likeness (QED) is 0.509. The molecule has 0 bridgehead atoms. The summed E-state index contributed by atoms with van der Waals surface area (Å²) in [5, 5.41) is 2.89. The highest BCUT2D eigenvalue weighted by Crippen LogP contribution is 2.25. The average molecular weight is 433 g/mol. The van der Waals surface area contributed by atoms with Crippen LogP contribution in [0.2, 0.25) is 0 Å². The molecule has 0 radical (unpaired) electrons. The number of rotatable bonds is 4. The van der Waals surface area contributed by atoms with E-state index in [1.54, 1.807) is 24.3 Å². The third-order valence-corrected chi connectivity index (χ3v) is 7.17. The molecular formula is C23H20N4O3S. The average Bonchev–Trinajstić information content (AvgIpc) is 3.36. The van der Waals surface area contributed by atoms with Gasteiger partial charge in [-0.3, -0.25) is 9.10 Å². The van der Waals surface area contributed by atoms with E-state index in [1.807, 2.05) is 48.5 Å². The molecule has 1 amide bonds. The molecule has 1 aliphatic heterocycles. The number of fused-ring (bicyclic) bond motifs is 1. The molecular weight excluding hydrogens is 412 g/mol. The van der Waals surface area contributed by atoms with Crippen LogP contribution in [-0.4, -0.2) is 36.6 Å². The summed E-state index contributed by atoms with van der Waals surface area (Å²) in [4.78, 5) is 20.6. The lowest BCUT2D eigenvalue weighted by Gasteiger charge is -2.17. The first kappa shape index (κ1) is 19.3. The van der Waals surface area contributed by atoms with Crippen molar-refractivity contribution in [2.75, 3.05) is 21.9 Å². The number of nitrogens with one attached hydrogen (secondary N) is 2. The number of imidazole rings is 1. The smallest absolute Gasteiger partial charge is 0.255 e. The summed E-state index contributed by atoms with van der Waals surface area (Å²) in [6.45, 7) is 0.475. The summed E-state index contributed by atoms with van der Waals surface area (Å²) in [7, 11) is -3.24. The fraction of sp³-hybridized carbons (Fsp3) is 0.130. The number of hydrogen-bond acceptors (Lipinski definition) is 4. The van der Waals surface area contributed by atoms with E-state index in [-0.39, 0.29) is 11.7 Å². The summed E-state index contributed by atoms with van der Waals surface area (Å²) in [6, 6.07) is 21.9. The molecule has 7 nitrogen and oxygen atoms in total. The Hall–Kier alpha value is -3.65. The van der Waals surface area contributed by atoms with Gasteiger partial charge in [-0.2, -0.15) is 0 Å². The topological polar surface area (TPSA) is 95.2 Å². The van der Waals surface area contributed by atoms with Gasteiger partial charge in [-0.1, -0.05) is 24.3 Å². The van der Waals surface area contributed by atoms with Crippen LogP contribution in [0, 0.1) is 0 Å². The van der Waals surface area contributed by atoms with E-state index in [9.17, 15) is 13.2 Å². The molecule has 3 aromatic carbocycles. The fourth-order valence-electron chi connectivity index (χ4n) is 3.75. The van der Waals surface area contributed by atoms with E-state index in [1.165, 1.54) is 4.31 Å². The van der Waals surface area contributed by atoms with Crippen molar-refractivity contribution in [1.82, 2.24) is 9.97 Å². The van der Waals surface area contributed by atoms with Gasteiger partial charge in [0.05, 0.1) is 22.5 Å². The summed E-state index contributed by atoms with van der Waals surface area (Å²) in [5.41, 5.74) is 4.38. The van der Waals surface area contributed by atoms with Crippen molar-refractivity contribution in [2.45, 2.75) is 6.42 Å². The maximum absolute atomic E-state index is 12.7. The zero-order chi connectivity index (χ0) is 21.4. The molecule has 1 aliphatic rings. The predicted molar refractivity (Wildman–Crippen MR) is 122 cm³/mol. The van der Waals surface area contributed by atoms with Crippen LogP contribution in [0.15, 0.2) is 72.8 Å². The van der Waals surface area contributed by atoms with Crippen LogP contribution in [0.5, 0.6) is 0 Å². The minimum Gasteiger partial charge on any atom is -0.338 e. The van der Waals surface area contributed by atoms with Crippen LogP contribution in [-0.2, 0) is 10.0 Å². The Labute approximate surface area is 179 Å². The summed E-state index contributed by atoms with van der Waals surface area (Å²) in [5.74, 6) is 0.627. The number of benzene rings is 3. The van der Waals surface area contributed by atoms with Crippen molar-refractivity contribution in [2.24, 2.45) is 0 Å². The van der Waals surface area contributed by atoms with Crippen molar-refractivity contribution in [3.05, 3.63) is 78.4 Å². The van der Waals surface area contributed by atoms with Crippen molar-refractivity contribution in [3.63, 3.8) is 0 Å². The highest BCUT2D eigenvalue weighted by molar-refractivity contribution is 7.93. The van der Waals surface area contributed by atoms with Crippen LogP contribution >= 0.6 is 0 Å². The van der Waals surface area contributed by atoms with E-state index >= 15 is 0 Å². The highest BCUT2D eigenvalue weighted by Gasteiger charge is 2.28. The largest absolute Gasteiger partial charge is 0.338 e. The van der Waals surface area contributed by atoms with Gasteiger partial charge in [-0.25, -0.2) is 13.4 Å². The zero-order valence-corrected chi connectivity index (χ0v) is 17.4. The number of carbonyl (C=O) groups excluding carboxylic acids is 1. The van der Waals surface area contributed by atoms with Gasteiger partial charge in [-0.05, 0) is 55.0 Å². The second-order valence-electron chi connectivity index (χ2n) is 7.43. The minimum absolute atomic E-state index is 0.164. The molecule has 0 aliphatic carbocycles. The Morgan fingerprint density at radius 1 is 1.00 bits per heavy atom. The molecule has 0 saturated carbocycles. The Morgan fingerprint density at radius 2 is 1.81 bits per heavy atom. The molecule has 5 rings (SSSR count). The number of anilines is 2. The molecule has 1 aromatic heterocycles. The molecule has 4 aromatic rings. The number of sulfonamides is 1. The van der Waals surface area contributed by atoms with E-state index < -0.39 is 10.0 Å². The number of carbonyl (C=O) groups is 1. The molecule has 31 heavy (non-hydrogen) atoms. The van der Waals surface area contributed by atoms with E-state index in [0.717, 1.165) is 22.4 Å². The fourth-order valence-corrected chi connectivity index (χ4v) is 5.31. The highest BCUT2D eigenvalue weighted by atomic mass is 32.2. The maximum atomic E-state index is 12.7. The van der Waals surface area contributed by atoms with E-state index in [0.29, 0.717) is 29.9 Å². The van der Waals surface area contributed by atoms with Gasteiger partial charge >= 0.3 is 0 Å². The third kappa shape index (κ3) is 3.77. The normalized spacial score (nSPS) is 15.3. The van der Waals surface area contributed by atoms with Crippen LogP contribution in [0.4, 0.5) is 11.4 Å². The minimum atomic E-state index is -3.24. The van der Waals surface area contributed by atoms with E-state index in [2.05, 4.69) is 15.3 Å². The maximum Gasteiger partial charge on any atom is 0.255 e. The lowest BCUT2D eigenvalue weighted by Crippen LogP contribution is -2.25. The number of amides is 1. The molecule has 8 heteroatoms. The van der Waals surface area contributed by atoms with Gasteiger partial charge in [0.2, 0.25) is 10.0 Å². The summed E-state index contributed by atoms with van der Waals surface area (Å²) < 4.78 is 25.5. The Morgan fingerprint density at radius 3 is 2.55 bits per heavy atom. The Bertz CT molecular complexity index is 1340. The standard InChI is InChI=1S/C23H20N4O3S/c28-23(16-9-11-19(12-10-16)27-13-4-14-31(27,29)30)24-18-6-3-5-17(15-18)22-25-20-7-1-2-8-21(20)26-22/h1-3,5-12,15H,4,13-14H2,(H,24,28)(H,25,26). The molecule has 0 atom stereocenters. The van der Waals surface area contributed by atoms with Crippen LogP contribution < -0.4 is 9.62 Å². The van der Waals surface area contributed by atoms with Crippen molar-refractivity contribution < 1.29 is 13.2 Å². The summed E-state index contributed by atoms with van der Waals surface area (Å²) in [6.07, 6.45) is 0.617. The van der Waals surface area contributed by atoms with Crippen LogP contribution in [0.3, 0.4) is 0 Å². The first-order valence-electron chi connectivity index (χ1n) is 9.97. The Balaban J connectivity index is 1.34. The molecule has 0 spiro atoms. The number of para-hydroxylation sites is 2. The Kier molecular flexibility index (Phi) is 4.71. The number of nitrogens with zero attached hydrogens (tertiary/aromatic N) is 2. The molecule has 156 valence electrons. The number of H-pyrrole nitrogens is 1. The zero-order valence-electron chi connectivity index (χ0n) is 16.6. The van der Waals surface area contributed by atoms with Gasteiger partial charge in [0.25, 0.3) is 5.91 Å². The summed E-state index contributed by atoms with van der Waals surface area (Å²) >= 11 is 0. The van der Waals surface area contributed by atoms with Gasteiger partial charge in [0.15, 0.2) is 0 Å². The van der Waals surface area contributed by atoms with Crippen molar-refractivity contribution in [1.29, 1.82) is 0 Å². The SMILES string of the molecule is O=C(Nc1cccc(-c2nc3ccccc3[nH]2)c1)c1ccc(N2CCCS2(=O)=O)cc1. The van der Waals surface area contributed by atoms with Gasteiger partial charge in [-0.15, -0.1) is 0 Å². The van der Waals surface area contributed by atoms with E-state index in [4.69, 9.17) is 0 Å². The number of aromatic nitrogens is 2. The first-order chi connectivity index (χ1) is 15.0. The van der Waals surface area contributed by atoms with Crippen molar-refractivity contribution in [3.8, 4) is 11.4 Å². The van der Waals surface area contributed by atoms with Gasteiger partial charge in [0, 0.05) is 23.4 Å². The predicted octanol–water partition coefficient (Wildman–Crippen LogP) is 4.02. The van der Waals surface area contributed by atoms with Crippen molar-refractivity contribution >= 4 is 38.3 Å².